The van der Waals surface area contributed by atoms with Crippen LogP contribution in [-0.4, -0.2) is 47.3 Å². The monoisotopic (exact) mass is 327 g/mol. The summed E-state index contributed by atoms with van der Waals surface area (Å²) in [5.74, 6) is 1.54. The number of hydrogen-bond acceptors (Lipinski definition) is 4. The van der Waals surface area contributed by atoms with Crippen molar-refractivity contribution in [1.29, 1.82) is 0 Å². The summed E-state index contributed by atoms with van der Waals surface area (Å²) in [7, 11) is 0. The van der Waals surface area contributed by atoms with Crippen molar-refractivity contribution in [1.82, 2.24) is 9.91 Å². The number of hydrogen-bond donors (Lipinski definition) is 0. The minimum atomic E-state index is 0.00577. The molecule has 1 aromatic rings. The lowest BCUT2D eigenvalue weighted by Crippen LogP contribution is -2.56. The number of rotatable bonds is 4. The molecule has 2 bridgehead atoms. The Morgan fingerprint density at radius 1 is 1.17 bits per heavy atom. The zero-order valence-electron chi connectivity index (χ0n) is 14.4. The van der Waals surface area contributed by atoms with Gasteiger partial charge in [-0.2, -0.15) is 5.10 Å². The molecule has 3 saturated heterocycles. The van der Waals surface area contributed by atoms with Crippen LogP contribution in [0.15, 0.2) is 29.4 Å². The average molecular weight is 327 g/mol. The Labute approximate surface area is 143 Å². The van der Waals surface area contributed by atoms with Gasteiger partial charge < -0.3 is 4.74 Å². The van der Waals surface area contributed by atoms with Crippen molar-refractivity contribution < 1.29 is 9.53 Å². The van der Waals surface area contributed by atoms with Crippen molar-refractivity contribution >= 4 is 11.6 Å². The molecule has 3 fully saturated rings. The van der Waals surface area contributed by atoms with Crippen LogP contribution in [0.4, 0.5) is 0 Å². The van der Waals surface area contributed by atoms with Gasteiger partial charge in [0.25, 0.3) is 0 Å². The van der Waals surface area contributed by atoms with E-state index in [-0.39, 0.29) is 18.0 Å². The maximum Gasteiger partial charge on any atom is 0.243 e. The zero-order valence-corrected chi connectivity index (χ0v) is 14.4. The number of fused-ring (bicyclic) bond motifs is 2. The van der Waals surface area contributed by atoms with Crippen LogP contribution in [0.1, 0.15) is 44.7 Å². The molecule has 4 aliphatic heterocycles. The number of ether oxygens (including phenoxy) is 1. The molecule has 2 atom stereocenters. The summed E-state index contributed by atoms with van der Waals surface area (Å²) in [4.78, 5) is 15.0. The average Bonchev–Trinajstić information content (AvgIpc) is 3.06. The van der Waals surface area contributed by atoms with Gasteiger partial charge in [0, 0.05) is 12.3 Å². The first-order valence-electron chi connectivity index (χ1n) is 9.10. The fourth-order valence-corrected chi connectivity index (χ4v) is 4.35. The standard InChI is InChI=1S/C19H25N3O2/c1-3-16(23)22-18(14-5-7-15(8-6-14)24-4-2)19-17(20-22)13-9-11-21(19)12-10-13/h5-8,13,18-19H,3-4,9-12H2,1-2H3. The van der Waals surface area contributed by atoms with Crippen LogP contribution in [0.2, 0.25) is 0 Å². The number of amides is 1. The highest BCUT2D eigenvalue weighted by atomic mass is 16.5. The van der Waals surface area contributed by atoms with Crippen molar-refractivity contribution in [3.05, 3.63) is 29.8 Å². The number of nitrogens with zero attached hydrogens (tertiary/aromatic N) is 3. The molecule has 0 saturated carbocycles. The fraction of sp³-hybridized carbons (Fsp3) is 0.579. The molecule has 1 aromatic carbocycles. The lowest BCUT2D eigenvalue weighted by atomic mass is 9.78. The first-order valence-corrected chi connectivity index (χ1v) is 9.10. The number of hydrazone groups is 1. The molecule has 0 N–H and O–H groups in total. The smallest absolute Gasteiger partial charge is 0.243 e. The van der Waals surface area contributed by atoms with Crippen LogP contribution >= 0.6 is 0 Å². The number of piperidine rings is 3. The molecule has 0 radical (unpaired) electrons. The van der Waals surface area contributed by atoms with Crippen molar-refractivity contribution in [2.45, 2.75) is 45.2 Å². The Balaban J connectivity index is 1.69. The van der Waals surface area contributed by atoms with Gasteiger partial charge in [0.15, 0.2) is 0 Å². The quantitative estimate of drug-likeness (QED) is 0.854. The van der Waals surface area contributed by atoms with Gasteiger partial charge in [-0.15, -0.1) is 0 Å². The predicted octanol–water partition coefficient (Wildman–Crippen LogP) is 2.83. The van der Waals surface area contributed by atoms with Gasteiger partial charge >= 0.3 is 0 Å². The van der Waals surface area contributed by atoms with Crippen molar-refractivity contribution in [2.24, 2.45) is 11.0 Å². The highest BCUT2D eigenvalue weighted by Crippen LogP contribution is 2.43. The van der Waals surface area contributed by atoms with Crippen LogP contribution < -0.4 is 4.74 Å². The van der Waals surface area contributed by atoms with E-state index in [9.17, 15) is 4.79 Å². The van der Waals surface area contributed by atoms with Gasteiger partial charge in [-0.05, 0) is 50.6 Å². The Hall–Kier alpha value is -1.88. The summed E-state index contributed by atoms with van der Waals surface area (Å²) in [6.07, 6.45) is 2.85. The number of carbonyl (C=O) groups excluding carboxylic acids is 1. The summed E-state index contributed by atoms with van der Waals surface area (Å²) < 4.78 is 5.56. The molecule has 24 heavy (non-hydrogen) atoms. The van der Waals surface area contributed by atoms with Gasteiger partial charge in [0.05, 0.1) is 18.4 Å². The van der Waals surface area contributed by atoms with E-state index in [1.54, 1.807) is 5.01 Å². The molecule has 128 valence electrons. The number of benzene rings is 1. The van der Waals surface area contributed by atoms with E-state index in [1.807, 2.05) is 26.0 Å². The molecule has 1 amide bonds. The lowest BCUT2D eigenvalue weighted by Gasteiger charge is -2.46. The van der Waals surface area contributed by atoms with E-state index >= 15 is 0 Å². The first-order chi connectivity index (χ1) is 11.7. The van der Waals surface area contributed by atoms with Crippen LogP contribution in [0.3, 0.4) is 0 Å². The molecule has 5 heteroatoms. The molecule has 5 nitrogen and oxygen atoms in total. The lowest BCUT2D eigenvalue weighted by molar-refractivity contribution is -0.133. The van der Waals surface area contributed by atoms with E-state index in [0.717, 1.165) is 24.4 Å². The second-order valence-electron chi connectivity index (χ2n) is 6.82. The van der Waals surface area contributed by atoms with E-state index in [1.165, 1.54) is 18.6 Å². The predicted molar refractivity (Wildman–Crippen MR) is 93.0 cm³/mol. The second-order valence-corrected chi connectivity index (χ2v) is 6.82. The minimum Gasteiger partial charge on any atom is -0.494 e. The van der Waals surface area contributed by atoms with Crippen molar-refractivity contribution in [3.8, 4) is 5.75 Å². The van der Waals surface area contributed by atoms with Crippen molar-refractivity contribution in [2.75, 3.05) is 19.7 Å². The third-order valence-electron chi connectivity index (χ3n) is 5.52. The molecule has 4 aliphatic rings. The Kier molecular flexibility index (Phi) is 4.04. The van der Waals surface area contributed by atoms with Crippen LogP contribution in [0.5, 0.6) is 5.75 Å². The molecule has 0 aromatic heterocycles. The third kappa shape index (κ3) is 2.42. The molecular formula is C19H25N3O2. The van der Waals surface area contributed by atoms with E-state index in [4.69, 9.17) is 9.84 Å². The molecule has 2 unspecified atom stereocenters. The summed E-state index contributed by atoms with van der Waals surface area (Å²) in [6, 6.07) is 8.45. The van der Waals surface area contributed by atoms with Crippen molar-refractivity contribution in [3.63, 3.8) is 0 Å². The molecular weight excluding hydrogens is 302 g/mol. The second kappa shape index (κ2) is 6.20. The maximum absolute atomic E-state index is 12.5. The Morgan fingerprint density at radius 2 is 1.88 bits per heavy atom. The molecule has 0 spiro atoms. The summed E-state index contributed by atoms with van der Waals surface area (Å²) >= 11 is 0. The highest BCUT2D eigenvalue weighted by molar-refractivity contribution is 5.97. The normalized spacial score (nSPS) is 30.9. The Morgan fingerprint density at radius 3 is 2.50 bits per heavy atom. The van der Waals surface area contributed by atoms with E-state index < -0.39 is 0 Å². The maximum atomic E-state index is 12.5. The van der Waals surface area contributed by atoms with Gasteiger partial charge in [-0.25, -0.2) is 5.01 Å². The van der Waals surface area contributed by atoms with E-state index in [2.05, 4.69) is 17.0 Å². The summed E-state index contributed by atoms with van der Waals surface area (Å²) in [6.45, 7) is 6.80. The Bertz CT molecular complexity index is 647. The topological polar surface area (TPSA) is 45.1 Å². The summed E-state index contributed by atoms with van der Waals surface area (Å²) in [5.41, 5.74) is 2.38. The van der Waals surface area contributed by atoms with Crippen LogP contribution in [0.25, 0.3) is 0 Å². The molecule has 5 rings (SSSR count). The van der Waals surface area contributed by atoms with Gasteiger partial charge in [-0.1, -0.05) is 19.1 Å². The molecule has 0 aliphatic carbocycles. The van der Waals surface area contributed by atoms with Gasteiger partial charge in [0.1, 0.15) is 11.8 Å². The van der Waals surface area contributed by atoms with Gasteiger partial charge in [-0.3, -0.25) is 9.69 Å². The molecule has 4 heterocycles. The van der Waals surface area contributed by atoms with Crippen LogP contribution in [-0.2, 0) is 4.79 Å². The third-order valence-corrected chi connectivity index (χ3v) is 5.52. The fourth-order valence-electron chi connectivity index (χ4n) is 4.35. The minimum absolute atomic E-state index is 0.00577. The van der Waals surface area contributed by atoms with Gasteiger partial charge in [0.2, 0.25) is 5.91 Å². The largest absolute Gasteiger partial charge is 0.494 e. The van der Waals surface area contributed by atoms with Crippen LogP contribution in [0, 0.1) is 5.92 Å². The first kappa shape index (κ1) is 15.6. The van der Waals surface area contributed by atoms with E-state index in [0.29, 0.717) is 18.9 Å². The number of carbonyl (C=O) groups is 1. The SMILES string of the molecule is CCOc1ccc(C2C3C(=NN2C(=O)CC)C2CCN3CC2)cc1. The highest BCUT2D eigenvalue weighted by Gasteiger charge is 2.50. The zero-order chi connectivity index (χ0) is 16.7. The summed E-state index contributed by atoms with van der Waals surface area (Å²) in [5, 5.41) is 6.56.